The Hall–Kier alpha value is -1.91. The topological polar surface area (TPSA) is 49.4 Å². The van der Waals surface area contributed by atoms with Gasteiger partial charge in [-0.05, 0) is 17.9 Å². The summed E-state index contributed by atoms with van der Waals surface area (Å²) in [6, 6.07) is 7.95. The van der Waals surface area contributed by atoms with Crippen LogP contribution in [0.25, 0.3) is 0 Å². The zero-order valence-electron chi connectivity index (χ0n) is 12.4. The summed E-state index contributed by atoms with van der Waals surface area (Å²) in [5.41, 5.74) is 0.754. The van der Waals surface area contributed by atoms with Crippen LogP contribution in [0.4, 0.5) is 4.39 Å². The van der Waals surface area contributed by atoms with Crippen LogP contribution in [0.1, 0.15) is 31.9 Å². The van der Waals surface area contributed by atoms with E-state index in [1.54, 1.807) is 0 Å². The van der Waals surface area contributed by atoms with Gasteiger partial charge in [-0.25, -0.2) is 0 Å². The maximum atomic E-state index is 12.6. The van der Waals surface area contributed by atoms with Crippen molar-refractivity contribution in [2.45, 2.75) is 32.4 Å². The molecule has 114 valence electrons. The molecule has 2 unspecified atom stereocenters. The molecule has 0 aromatic heterocycles. The Balaban J connectivity index is 2.33. The van der Waals surface area contributed by atoms with Crippen LogP contribution in [0.5, 0.6) is 0 Å². The standard InChI is InChI=1S/C16H21FN2O2/c1-11(2)13-16(21)19(10-6-9-17)14(15(20)18-13)12-7-4-3-5-8-12/h3-5,7-8,11,13-14H,6,9-10H2,1-2H3,(H,18,20). The average molecular weight is 292 g/mol. The summed E-state index contributed by atoms with van der Waals surface area (Å²) < 4.78 is 12.5. The van der Waals surface area contributed by atoms with Crippen molar-refractivity contribution in [1.29, 1.82) is 0 Å². The van der Waals surface area contributed by atoms with Crippen LogP contribution in [-0.4, -0.2) is 36.0 Å². The van der Waals surface area contributed by atoms with Gasteiger partial charge >= 0.3 is 0 Å². The number of benzene rings is 1. The van der Waals surface area contributed by atoms with Gasteiger partial charge in [0, 0.05) is 6.54 Å². The van der Waals surface area contributed by atoms with E-state index in [1.807, 2.05) is 44.2 Å². The quantitative estimate of drug-likeness (QED) is 0.903. The van der Waals surface area contributed by atoms with E-state index in [9.17, 15) is 14.0 Å². The van der Waals surface area contributed by atoms with Crippen LogP contribution in [0, 0.1) is 5.92 Å². The summed E-state index contributed by atoms with van der Waals surface area (Å²) in [5.74, 6) is -0.323. The molecule has 1 aliphatic heterocycles. The molecule has 0 bridgehead atoms. The van der Waals surface area contributed by atoms with Crippen LogP contribution < -0.4 is 5.32 Å². The molecule has 2 rings (SSSR count). The molecule has 0 aliphatic carbocycles. The highest BCUT2D eigenvalue weighted by atomic mass is 19.1. The van der Waals surface area contributed by atoms with E-state index in [2.05, 4.69) is 5.32 Å². The minimum Gasteiger partial charge on any atom is -0.342 e. The van der Waals surface area contributed by atoms with Crippen LogP contribution in [0.15, 0.2) is 30.3 Å². The smallest absolute Gasteiger partial charge is 0.248 e. The van der Waals surface area contributed by atoms with Gasteiger partial charge < -0.3 is 10.2 Å². The number of alkyl halides is 1. The van der Waals surface area contributed by atoms with E-state index in [1.165, 1.54) is 4.90 Å². The third-order valence-electron chi connectivity index (χ3n) is 3.72. The maximum Gasteiger partial charge on any atom is 0.248 e. The van der Waals surface area contributed by atoms with Crippen molar-refractivity contribution >= 4 is 11.8 Å². The SMILES string of the molecule is CC(C)C1NC(=O)C(c2ccccc2)N(CCCF)C1=O. The number of rotatable bonds is 5. The Morgan fingerprint density at radius 1 is 1.24 bits per heavy atom. The molecule has 1 heterocycles. The van der Waals surface area contributed by atoms with Crippen LogP contribution in [0.3, 0.4) is 0 Å². The molecule has 1 aromatic carbocycles. The third-order valence-corrected chi connectivity index (χ3v) is 3.72. The molecule has 0 saturated carbocycles. The van der Waals surface area contributed by atoms with Crippen LogP contribution >= 0.6 is 0 Å². The van der Waals surface area contributed by atoms with E-state index < -0.39 is 18.8 Å². The summed E-state index contributed by atoms with van der Waals surface area (Å²) in [5, 5.41) is 2.80. The lowest BCUT2D eigenvalue weighted by molar-refractivity contribution is -0.151. The molecule has 4 nitrogen and oxygen atoms in total. The van der Waals surface area contributed by atoms with E-state index >= 15 is 0 Å². The molecule has 2 amide bonds. The number of amides is 2. The van der Waals surface area contributed by atoms with Gasteiger partial charge in [0.15, 0.2) is 0 Å². The van der Waals surface area contributed by atoms with Crippen molar-refractivity contribution < 1.29 is 14.0 Å². The first kappa shape index (κ1) is 15.5. The Labute approximate surface area is 124 Å². The molecule has 1 saturated heterocycles. The first-order valence-electron chi connectivity index (χ1n) is 7.28. The van der Waals surface area contributed by atoms with Gasteiger partial charge in [0.25, 0.3) is 0 Å². The lowest BCUT2D eigenvalue weighted by Gasteiger charge is -2.40. The molecular weight excluding hydrogens is 271 g/mol. The maximum absolute atomic E-state index is 12.6. The highest BCUT2D eigenvalue weighted by Crippen LogP contribution is 2.27. The summed E-state index contributed by atoms with van der Waals surface area (Å²) in [4.78, 5) is 26.5. The number of nitrogens with zero attached hydrogens (tertiary/aromatic N) is 1. The minimum atomic E-state index is -0.666. The fraction of sp³-hybridized carbons (Fsp3) is 0.500. The van der Waals surface area contributed by atoms with Gasteiger partial charge in [0.2, 0.25) is 11.8 Å². The summed E-state index contributed by atoms with van der Waals surface area (Å²) in [6.07, 6.45) is 0.243. The number of hydrogen-bond acceptors (Lipinski definition) is 2. The molecule has 1 N–H and O–H groups in total. The number of piperazine rings is 1. The minimum absolute atomic E-state index is 0.00560. The predicted octanol–water partition coefficient (Wildman–Crippen LogP) is 2.07. The largest absolute Gasteiger partial charge is 0.342 e. The van der Waals surface area contributed by atoms with E-state index in [0.717, 1.165) is 5.56 Å². The first-order chi connectivity index (χ1) is 10.1. The second-order valence-electron chi connectivity index (χ2n) is 5.62. The second-order valence-corrected chi connectivity index (χ2v) is 5.62. The summed E-state index contributed by atoms with van der Waals surface area (Å²) >= 11 is 0. The van der Waals surface area contributed by atoms with Gasteiger partial charge in [0.1, 0.15) is 12.1 Å². The molecular formula is C16H21FN2O2. The van der Waals surface area contributed by atoms with E-state index in [0.29, 0.717) is 0 Å². The number of carbonyl (C=O) groups is 2. The van der Waals surface area contributed by atoms with E-state index in [-0.39, 0.29) is 30.7 Å². The molecule has 1 aliphatic rings. The van der Waals surface area contributed by atoms with Crippen molar-refractivity contribution in [3.63, 3.8) is 0 Å². The van der Waals surface area contributed by atoms with Crippen molar-refractivity contribution in [2.75, 3.05) is 13.2 Å². The molecule has 2 atom stereocenters. The van der Waals surface area contributed by atoms with Gasteiger partial charge in [-0.2, -0.15) is 0 Å². The van der Waals surface area contributed by atoms with Crippen molar-refractivity contribution in [2.24, 2.45) is 5.92 Å². The molecule has 1 aromatic rings. The summed E-state index contributed by atoms with van der Waals surface area (Å²) in [6.45, 7) is 3.53. The van der Waals surface area contributed by atoms with Crippen molar-refractivity contribution in [3.8, 4) is 0 Å². The normalized spacial score (nSPS) is 22.6. The Kier molecular flexibility index (Phi) is 4.94. The number of carbonyl (C=O) groups excluding carboxylic acids is 2. The molecule has 1 fully saturated rings. The molecule has 0 spiro atoms. The molecule has 21 heavy (non-hydrogen) atoms. The van der Waals surface area contributed by atoms with Gasteiger partial charge in [-0.3, -0.25) is 14.0 Å². The number of hydrogen-bond donors (Lipinski definition) is 1. The van der Waals surface area contributed by atoms with Crippen molar-refractivity contribution in [3.05, 3.63) is 35.9 Å². The number of nitrogens with one attached hydrogen (secondary N) is 1. The fourth-order valence-corrected chi connectivity index (χ4v) is 2.63. The van der Waals surface area contributed by atoms with Gasteiger partial charge in [-0.15, -0.1) is 0 Å². The lowest BCUT2D eigenvalue weighted by atomic mass is 9.94. The zero-order valence-corrected chi connectivity index (χ0v) is 12.4. The zero-order chi connectivity index (χ0) is 15.4. The first-order valence-corrected chi connectivity index (χ1v) is 7.28. The Morgan fingerprint density at radius 3 is 2.48 bits per heavy atom. The summed E-state index contributed by atoms with van der Waals surface area (Å²) in [7, 11) is 0. The fourth-order valence-electron chi connectivity index (χ4n) is 2.63. The highest BCUT2D eigenvalue weighted by Gasteiger charge is 2.41. The van der Waals surface area contributed by atoms with Gasteiger partial charge in [-0.1, -0.05) is 44.2 Å². The van der Waals surface area contributed by atoms with Crippen molar-refractivity contribution in [1.82, 2.24) is 10.2 Å². The number of halogens is 1. The van der Waals surface area contributed by atoms with Gasteiger partial charge in [0.05, 0.1) is 6.67 Å². The average Bonchev–Trinajstić information content (AvgIpc) is 2.48. The third kappa shape index (κ3) is 3.23. The second kappa shape index (κ2) is 6.70. The van der Waals surface area contributed by atoms with E-state index in [4.69, 9.17) is 0 Å². The van der Waals surface area contributed by atoms with Crippen LogP contribution in [0.2, 0.25) is 0 Å². The monoisotopic (exact) mass is 292 g/mol. The predicted molar refractivity (Wildman–Crippen MR) is 78.3 cm³/mol. The lowest BCUT2D eigenvalue weighted by Crippen LogP contribution is -2.61. The Bertz CT molecular complexity index is 504. The van der Waals surface area contributed by atoms with Crippen LogP contribution in [-0.2, 0) is 9.59 Å². The highest BCUT2D eigenvalue weighted by molar-refractivity contribution is 5.97. The Morgan fingerprint density at radius 2 is 1.90 bits per heavy atom. The molecule has 5 heteroatoms. The molecule has 0 radical (unpaired) electrons.